The van der Waals surface area contributed by atoms with Crippen molar-refractivity contribution in [2.45, 2.75) is 88.9 Å². The van der Waals surface area contributed by atoms with Gasteiger partial charge in [-0.2, -0.15) is 5.06 Å². The average molecular weight is 778 g/mol. The number of nitrogens with zero attached hydrogens (tertiary/aromatic N) is 4. The molecule has 55 heavy (non-hydrogen) atoms. The zero-order valence-electron chi connectivity index (χ0n) is 30.6. The smallest absolute Gasteiger partial charge is 0.434 e. The number of aryl methyl sites for hydroxylation is 1. The van der Waals surface area contributed by atoms with E-state index in [1.807, 2.05) is 60.7 Å². The molecule has 0 spiro atoms. The van der Waals surface area contributed by atoms with Crippen molar-refractivity contribution in [3.63, 3.8) is 0 Å². The van der Waals surface area contributed by atoms with Crippen LogP contribution in [0.2, 0.25) is 5.04 Å². The predicted molar refractivity (Wildman–Crippen MR) is 197 cm³/mol. The van der Waals surface area contributed by atoms with Gasteiger partial charge in [-0.05, 0) is 22.3 Å². The van der Waals surface area contributed by atoms with Crippen molar-refractivity contribution in [2.75, 3.05) is 13.2 Å². The van der Waals surface area contributed by atoms with Crippen LogP contribution in [0.1, 0.15) is 45.2 Å². The molecular formula is C37H43N5O12Si. The summed E-state index contributed by atoms with van der Waals surface area (Å²) < 4.78 is 28.5. The quantitative estimate of drug-likeness (QED) is 0.193. The monoisotopic (exact) mass is 777 g/mol. The number of aliphatic hydroxyl groups excluding tert-OH is 2. The van der Waals surface area contributed by atoms with Gasteiger partial charge in [0.1, 0.15) is 37.4 Å². The standard InChI is InChI=1S/C37H43N5O12Si/c1-22-18-40(35(48)41(21-44)32(22)46)29-17-25(27(20-43)50-29)52-36(49)42-19-26-30(31(53-42)33(51-26)39-16-15-28(45)38-34(39)47)54-55(37(2,3)4,23-11-7-5-8-12-23)24-13-9-6-10-14-24/h5-16,18,25-27,29-31,33,43-44H,17,19-21H2,1-4H3,(H,38,45,47)/t25-,26+,27+,29+,30+,31-,33+/m0/s1. The van der Waals surface area contributed by atoms with Crippen LogP contribution in [0, 0.1) is 6.92 Å². The van der Waals surface area contributed by atoms with Crippen molar-refractivity contribution in [1.29, 1.82) is 0 Å². The van der Waals surface area contributed by atoms with E-state index in [1.165, 1.54) is 30.0 Å². The fraction of sp³-hybridized carbons (Fsp3) is 0.432. The van der Waals surface area contributed by atoms with Crippen LogP contribution in [-0.4, -0.2) is 92.0 Å². The first-order valence-corrected chi connectivity index (χ1v) is 19.8. The number of aliphatic hydroxyl groups is 2. The zero-order chi connectivity index (χ0) is 39.2. The molecule has 0 unspecified atom stereocenters. The van der Waals surface area contributed by atoms with Crippen molar-refractivity contribution in [1.82, 2.24) is 23.7 Å². The molecule has 18 heteroatoms. The number of carbonyl (C=O) groups is 1. The third kappa shape index (κ3) is 6.83. The molecule has 3 saturated heterocycles. The largest absolute Gasteiger partial charge is 0.442 e. The summed E-state index contributed by atoms with van der Waals surface area (Å²) in [4.78, 5) is 73.0. The number of H-pyrrole nitrogens is 1. The highest BCUT2D eigenvalue weighted by molar-refractivity contribution is 6.99. The lowest BCUT2D eigenvalue weighted by Crippen LogP contribution is -2.70. The number of rotatable bonds is 9. The van der Waals surface area contributed by atoms with Crippen LogP contribution >= 0.6 is 0 Å². The third-order valence-corrected chi connectivity index (χ3v) is 15.4. The van der Waals surface area contributed by atoms with Crippen molar-refractivity contribution in [2.24, 2.45) is 0 Å². The van der Waals surface area contributed by atoms with Gasteiger partial charge in [0.15, 0.2) is 12.3 Å². The minimum Gasteiger partial charge on any atom is -0.442 e. The van der Waals surface area contributed by atoms with Gasteiger partial charge >= 0.3 is 17.5 Å². The Morgan fingerprint density at radius 1 is 0.945 bits per heavy atom. The molecule has 5 heterocycles. The number of hydrogen-bond acceptors (Lipinski definition) is 12. The van der Waals surface area contributed by atoms with E-state index >= 15 is 0 Å². The topological polar surface area (TPSA) is 206 Å². The van der Waals surface area contributed by atoms with Gasteiger partial charge in [-0.1, -0.05) is 81.4 Å². The number of amides is 1. The minimum absolute atomic E-state index is 0.0773. The number of aromatic amines is 1. The van der Waals surface area contributed by atoms with Crippen LogP contribution in [0.15, 0.2) is 98.3 Å². The number of fused-ring (bicyclic) bond motifs is 2. The van der Waals surface area contributed by atoms with E-state index in [0.717, 1.165) is 20.0 Å². The molecule has 3 aliphatic rings. The van der Waals surface area contributed by atoms with Crippen molar-refractivity contribution < 1.29 is 38.5 Å². The second-order valence-corrected chi connectivity index (χ2v) is 19.1. The molecule has 7 atom stereocenters. The number of carbonyl (C=O) groups excluding carboxylic acids is 1. The molecule has 17 nitrogen and oxygen atoms in total. The lowest BCUT2D eigenvalue weighted by molar-refractivity contribution is -0.226. The van der Waals surface area contributed by atoms with Gasteiger partial charge in [-0.3, -0.25) is 28.5 Å². The van der Waals surface area contributed by atoms with E-state index in [-0.39, 0.29) is 18.5 Å². The molecule has 2 aromatic heterocycles. The number of benzene rings is 2. The molecular weight excluding hydrogens is 735 g/mol. The van der Waals surface area contributed by atoms with Crippen LogP contribution in [0.5, 0.6) is 0 Å². The molecule has 2 bridgehead atoms. The molecule has 2 aromatic carbocycles. The molecule has 7 rings (SSSR count). The van der Waals surface area contributed by atoms with E-state index < -0.39 is 98.3 Å². The lowest BCUT2D eigenvalue weighted by Gasteiger charge is -2.47. The number of hydrogen-bond donors (Lipinski definition) is 3. The van der Waals surface area contributed by atoms with Crippen LogP contribution < -0.4 is 32.9 Å². The van der Waals surface area contributed by atoms with Gasteiger partial charge in [0, 0.05) is 30.4 Å². The Kier molecular flexibility index (Phi) is 10.4. The van der Waals surface area contributed by atoms with Gasteiger partial charge < -0.3 is 28.8 Å². The number of nitrogens with one attached hydrogen (secondary N) is 1. The Morgan fingerprint density at radius 3 is 2.18 bits per heavy atom. The van der Waals surface area contributed by atoms with Crippen LogP contribution in [-0.2, 0) is 30.2 Å². The summed E-state index contributed by atoms with van der Waals surface area (Å²) >= 11 is 0. The fourth-order valence-corrected chi connectivity index (χ4v) is 12.5. The second kappa shape index (κ2) is 14.9. The highest BCUT2D eigenvalue weighted by Crippen LogP contribution is 2.44. The van der Waals surface area contributed by atoms with E-state index in [1.54, 1.807) is 0 Å². The lowest BCUT2D eigenvalue weighted by atomic mass is 10.1. The summed E-state index contributed by atoms with van der Waals surface area (Å²) in [7, 11) is -3.23. The van der Waals surface area contributed by atoms with E-state index in [2.05, 4.69) is 25.8 Å². The maximum atomic E-state index is 13.9. The predicted octanol–water partition coefficient (Wildman–Crippen LogP) is 0.0618. The zero-order valence-corrected chi connectivity index (χ0v) is 31.6. The first-order chi connectivity index (χ1) is 26.3. The highest BCUT2D eigenvalue weighted by atomic mass is 28.4. The number of hydroxylamine groups is 2. The Morgan fingerprint density at radius 2 is 1.60 bits per heavy atom. The summed E-state index contributed by atoms with van der Waals surface area (Å²) in [6, 6.07) is 21.0. The third-order valence-electron chi connectivity index (χ3n) is 10.4. The molecule has 3 N–H and O–H groups in total. The summed E-state index contributed by atoms with van der Waals surface area (Å²) in [6.45, 7) is 6.21. The van der Waals surface area contributed by atoms with Crippen molar-refractivity contribution in [3.8, 4) is 0 Å². The average Bonchev–Trinajstić information content (AvgIpc) is 3.65. The minimum atomic E-state index is -3.23. The highest BCUT2D eigenvalue weighted by Gasteiger charge is 2.60. The Hall–Kier alpha value is -4.95. The molecule has 0 radical (unpaired) electrons. The van der Waals surface area contributed by atoms with E-state index in [4.69, 9.17) is 23.5 Å². The maximum absolute atomic E-state index is 13.9. The number of aromatic nitrogens is 4. The van der Waals surface area contributed by atoms with Crippen LogP contribution in [0.25, 0.3) is 0 Å². The van der Waals surface area contributed by atoms with Gasteiger partial charge in [-0.15, -0.1) is 0 Å². The number of ether oxygens (including phenoxy) is 3. The molecule has 1 amide bonds. The Balaban J connectivity index is 1.21. The molecule has 3 fully saturated rings. The molecule has 292 valence electrons. The second-order valence-electron chi connectivity index (χ2n) is 14.8. The van der Waals surface area contributed by atoms with Crippen LogP contribution in [0.4, 0.5) is 4.79 Å². The summed E-state index contributed by atoms with van der Waals surface area (Å²) in [5.74, 6) is 0. The first kappa shape index (κ1) is 38.3. The summed E-state index contributed by atoms with van der Waals surface area (Å²) in [5.41, 5.74) is -2.68. The van der Waals surface area contributed by atoms with Crippen molar-refractivity contribution in [3.05, 3.63) is 126 Å². The molecule has 3 aliphatic heterocycles. The van der Waals surface area contributed by atoms with E-state index in [0.29, 0.717) is 4.57 Å². The Bertz CT molecular complexity index is 2230. The summed E-state index contributed by atoms with van der Waals surface area (Å²) in [5, 5.41) is 22.3. The van der Waals surface area contributed by atoms with Crippen LogP contribution in [0.3, 0.4) is 0 Å². The molecule has 4 aromatic rings. The molecule has 0 aliphatic carbocycles. The molecule has 0 saturated carbocycles. The van der Waals surface area contributed by atoms with Gasteiger partial charge in [0.2, 0.25) is 0 Å². The van der Waals surface area contributed by atoms with Gasteiger partial charge in [-0.25, -0.2) is 19.0 Å². The fourth-order valence-electron chi connectivity index (χ4n) is 7.76. The first-order valence-electron chi connectivity index (χ1n) is 17.9. The Labute approximate surface area is 314 Å². The van der Waals surface area contributed by atoms with Gasteiger partial charge in [0.05, 0.1) is 13.2 Å². The van der Waals surface area contributed by atoms with Crippen molar-refractivity contribution >= 4 is 24.8 Å². The maximum Gasteiger partial charge on any atom is 0.434 e. The summed E-state index contributed by atoms with van der Waals surface area (Å²) in [6.07, 6.45) is -5.49. The normalized spacial score (nSPS) is 25.3. The van der Waals surface area contributed by atoms with E-state index in [9.17, 15) is 34.2 Å². The van der Waals surface area contributed by atoms with Gasteiger partial charge in [0.25, 0.3) is 19.4 Å². The SMILES string of the molecule is Cc1cn([C@H]2C[C@H](OC(=O)N3C[C@H]4O[C@@H](n5ccc(=O)[nH]c5=O)[C@@H](O3)[C@@H]4O[Si](c3ccccc3)(c3ccccc3)C(C)(C)C)[C@@H](CO)O2)c(=O)n(CO)c1=O.